The Labute approximate surface area is 98.6 Å². The molecule has 0 spiro atoms. The summed E-state index contributed by atoms with van der Waals surface area (Å²) in [6.45, 7) is 1.53. The van der Waals surface area contributed by atoms with Crippen molar-refractivity contribution in [3.05, 3.63) is 24.1 Å². The molecule has 1 heterocycles. The summed E-state index contributed by atoms with van der Waals surface area (Å²) in [4.78, 5) is 3.47. The Morgan fingerprint density at radius 1 is 1.71 bits per heavy atom. The first-order valence-corrected chi connectivity index (χ1v) is 6.27. The Kier molecular flexibility index (Phi) is 4.13. The number of sulfonamides is 1. The lowest BCUT2D eigenvalue weighted by Gasteiger charge is -2.12. The quantitative estimate of drug-likeness (QED) is 0.519. The summed E-state index contributed by atoms with van der Waals surface area (Å²) in [6.07, 6.45) is 1.24. The predicted molar refractivity (Wildman–Crippen MR) is 60.5 cm³/mol. The van der Waals surface area contributed by atoms with Crippen LogP contribution in [-0.2, 0) is 10.0 Å². The molecule has 0 bridgehead atoms. The Morgan fingerprint density at radius 2 is 2.35 bits per heavy atom. The molecule has 6 nitrogen and oxygen atoms in total. The van der Waals surface area contributed by atoms with E-state index >= 15 is 0 Å². The van der Waals surface area contributed by atoms with Gasteiger partial charge in [-0.3, -0.25) is 5.41 Å². The van der Waals surface area contributed by atoms with Gasteiger partial charge in [-0.05, 0) is 19.1 Å². The fraction of sp³-hybridized carbons (Fsp3) is 0.333. The Balaban J connectivity index is 2.90. The van der Waals surface area contributed by atoms with Crippen molar-refractivity contribution >= 4 is 15.9 Å². The topological polar surface area (TPSA) is 109 Å². The Bertz CT molecular complexity index is 517. The van der Waals surface area contributed by atoms with Gasteiger partial charge < -0.3 is 5.73 Å². The zero-order valence-electron chi connectivity index (χ0n) is 9.14. The first-order chi connectivity index (χ1) is 7.83. The van der Waals surface area contributed by atoms with Gasteiger partial charge in [-0.15, -0.1) is 0 Å². The van der Waals surface area contributed by atoms with Gasteiger partial charge in [-0.2, -0.15) is 0 Å². The molecule has 0 radical (unpaired) electrons. The molecule has 17 heavy (non-hydrogen) atoms. The van der Waals surface area contributed by atoms with Crippen LogP contribution in [0.15, 0.2) is 23.4 Å². The molecule has 1 atom stereocenters. The van der Waals surface area contributed by atoms with E-state index in [4.69, 9.17) is 11.1 Å². The van der Waals surface area contributed by atoms with Gasteiger partial charge in [-0.25, -0.2) is 22.5 Å². The fourth-order valence-electron chi connectivity index (χ4n) is 1.26. The number of halogens is 1. The van der Waals surface area contributed by atoms with Gasteiger partial charge in [-0.1, -0.05) is 0 Å². The molecule has 0 aliphatic rings. The number of nitrogens with one attached hydrogen (secondary N) is 2. The first kappa shape index (κ1) is 13.5. The number of hydrogen-bond acceptors (Lipinski definition) is 4. The SMILES string of the molecule is CC(CC(=N)N)NS(=O)(=O)c1ncccc1F. The standard InChI is InChI=1S/C9H13FN4O2S/c1-6(5-8(11)12)14-17(15,16)9-7(10)3-2-4-13-9/h2-4,6,14H,5H2,1H3,(H3,11,12). The summed E-state index contributed by atoms with van der Waals surface area (Å²) >= 11 is 0. The lowest BCUT2D eigenvalue weighted by molar-refractivity contribution is 0.534. The number of hydrogen-bond donors (Lipinski definition) is 3. The van der Waals surface area contributed by atoms with Gasteiger partial charge in [0.05, 0.1) is 5.84 Å². The lowest BCUT2D eigenvalue weighted by Crippen LogP contribution is -2.36. The highest BCUT2D eigenvalue weighted by Gasteiger charge is 2.22. The van der Waals surface area contributed by atoms with E-state index < -0.39 is 26.9 Å². The average Bonchev–Trinajstić information content (AvgIpc) is 2.15. The molecule has 0 aliphatic heterocycles. The molecule has 0 saturated heterocycles. The lowest BCUT2D eigenvalue weighted by atomic mass is 10.2. The van der Waals surface area contributed by atoms with Crippen LogP contribution in [0.3, 0.4) is 0 Å². The number of nitrogens with zero attached hydrogens (tertiary/aromatic N) is 1. The zero-order chi connectivity index (χ0) is 13.1. The fourth-order valence-corrected chi connectivity index (χ4v) is 2.51. The smallest absolute Gasteiger partial charge is 0.261 e. The van der Waals surface area contributed by atoms with E-state index in [2.05, 4.69) is 9.71 Å². The summed E-state index contributed by atoms with van der Waals surface area (Å²) in [7, 11) is -4.02. The van der Waals surface area contributed by atoms with Crippen molar-refractivity contribution in [2.75, 3.05) is 0 Å². The monoisotopic (exact) mass is 260 g/mol. The minimum atomic E-state index is -4.02. The van der Waals surface area contributed by atoms with Crippen LogP contribution in [0, 0.1) is 11.2 Å². The summed E-state index contributed by atoms with van der Waals surface area (Å²) in [5.41, 5.74) is 5.14. The van der Waals surface area contributed by atoms with Crippen molar-refractivity contribution < 1.29 is 12.8 Å². The zero-order valence-corrected chi connectivity index (χ0v) is 9.96. The van der Waals surface area contributed by atoms with Crippen LogP contribution >= 0.6 is 0 Å². The van der Waals surface area contributed by atoms with E-state index in [1.54, 1.807) is 0 Å². The minimum Gasteiger partial charge on any atom is -0.388 e. The van der Waals surface area contributed by atoms with E-state index in [-0.39, 0.29) is 12.3 Å². The predicted octanol–water partition coefficient (Wildman–Crippen LogP) is 0.214. The molecule has 0 fully saturated rings. The van der Waals surface area contributed by atoms with Crippen LogP contribution in [0.4, 0.5) is 4.39 Å². The molecule has 8 heteroatoms. The van der Waals surface area contributed by atoms with Crippen LogP contribution in [0.1, 0.15) is 13.3 Å². The Morgan fingerprint density at radius 3 is 2.88 bits per heavy atom. The van der Waals surface area contributed by atoms with Crippen molar-refractivity contribution in [1.29, 1.82) is 5.41 Å². The number of aromatic nitrogens is 1. The minimum absolute atomic E-state index is 0.0493. The molecule has 0 aromatic carbocycles. The van der Waals surface area contributed by atoms with E-state index in [0.29, 0.717) is 0 Å². The molecule has 1 rings (SSSR count). The molecule has 4 N–H and O–H groups in total. The third-order valence-corrected chi connectivity index (χ3v) is 3.38. The van der Waals surface area contributed by atoms with Crippen molar-refractivity contribution in [2.24, 2.45) is 5.73 Å². The number of nitrogens with two attached hydrogens (primary N) is 1. The second-order valence-corrected chi connectivity index (χ2v) is 5.17. The molecule has 0 saturated carbocycles. The largest absolute Gasteiger partial charge is 0.388 e. The normalized spacial score (nSPS) is 13.3. The van der Waals surface area contributed by atoms with Crippen LogP contribution in [0.25, 0.3) is 0 Å². The van der Waals surface area contributed by atoms with Gasteiger partial charge in [0.2, 0.25) is 5.03 Å². The maximum absolute atomic E-state index is 13.2. The van der Waals surface area contributed by atoms with Gasteiger partial charge in [0.15, 0.2) is 5.82 Å². The second kappa shape index (κ2) is 5.19. The van der Waals surface area contributed by atoms with E-state index in [9.17, 15) is 12.8 Å². The molecular formula is C9H13FN4O2S. The van der Waals surface area contributed by atoms with E-state index in [1.165, 1.54) is 19.2 Å². The summed E-state index contributed by atoms with van der Waals surface area (Å²) in [6, 6.07) is 1.71. The molecule has 1 aromatic rings. The van der Waals surface area contributed by atoms with Crippen LogP contribution in [0.2, 0.25) is 0 Å². The molecule has 0 aliphatic carbocycles. The van der Waals surface area contributed by atoms with Gasteiger partial charge in [0, 0.05) is 18.7 Å². The highest BCUT2D eigenvalue weighted by atomic mass is 32.2. The van der Waals surface area contributed by atoms with Crippen LogP contribution in [0.5, 0.6) is 0 Å². The van der Waals surface area contributed by atoms with E-state index in [0.717, 1.165) is 6.07 Å². The van der Waals surface area contributed by atoms with Gasteiger partial charge in [0.25, 0.3) is 10.0 Å². The van der Waals surface area contributed by atoms with Crippen molar-refractivity contribution in [1.82, 2.24) is 9.71 Å². The number of amidine groups is 1. The highest BCUT2D eigenvalue weighted by Crippen LogP contribution is 2.10. The Hall–Kier alpha value is -1.54. The van der Waals surface area contributed by atoms with E-state index in [1.807, 2.05) is 0 Å². The molecular weight excluding hydrogens is 247 g/mol. The average molecular weight is 260 g/mol. The third-order valence-electron chi connectivity index (χ3n) is 1.86. The van der Waals surface area contributed by atoms with Crippen molar-refractivity contribution in [3.63, 3.8) is 0 Å². The number of pyridine rings is 1. The molecule has 0 amide bonds. The van der Waals surface area contributed by atoms with Crippen LogP contribution < -0.4 is 10.5 Å². The summed E-state index contributed by atoms with van der Waals surface area (Å²) in [5.74, 6) is -1.07. The highest BCUT2D eigenvalue weighted by molar-refractivity contribution is 7.89. The molecule has 94 valence electrons. The van der Waals surface area contributed by atoms with Gasteiger partial charge >= 0.3 is 0 Å². The molecule has 1 aromatic heterocycles. The third kappa shape index (κ3) is 3.75. The summed E-state index contributed by atoms with van der Waals surface area (Å²) < 4.78 is 38.9. The van der Waals surface area contributed by atoms with Crippen LogP contribution in [-0.4, -0.2) is 25.3 Å². The maximum atomic E-state index is 13.2. The van der Waals surface area contributed by atoms with Gasteiger partial charge in [0.1, 0.15) is 0 Å². The van der Waals surface area contributed by atoms with Crippen molar-refractivity contribution in [2.45, 2.75) is 24.4 Å². The number of rotatable bonds is 5. The molecule has 1 unspecified atom stereocenters. The second-order valence-electron chi connectivity index (χ2n) is 3.54. The first-order valence-electron chi connectivity index (χ1n) is 4.78. The summed E-state index contributed by atoms with van der Waals surface area (Å²) in [5, 5.41) is 6.38. The van der Waals surface area contributed by atoms with Crippen molar-refractivity contribution in [3.8, 4) is 0 Å². The maximum Gasteiger partial charge on any atom is 0.261 e.